The van der Waals surface area contributed by atoms with Gasteiger partial charge in [-0.3, -0.25) is 4.79 Å². The average Bonchev–Trinajstić information content (AvgIpc) is 3.53. The first-order chi connectivity index (χ1) is 18.2. The number of nitrogens with zero attached hydrogens (tertiary/aromatic N) is 3. The molecule has 3 aromatic rings. The number of hydrogen-bond acceptors (Lipinski definition) is 8. The minimum atomic E-state index is -1.84. The lowest BCUT2D eigenvalue weighted by molar-refractivity contribution is -0.345. The van der Waals surface area contributed by atoms with Crippen LogP contribution in [-0.4, -0.2) is 79.6 Å². The molecule has 1 aromatic heterocycles. The van der Waals surface area contributed by atoms with Crippen molar-refractivity contribution in [3.63, 3.8) is 0 Å². The monoisotopic (exact) mass is 534 g/mol. The number of aliphatic hydroxyl groups is 3. The number of ether oxygens (including phenoxy) is 2. The highest BCUT2D eigenvalue weighted by Crippen LogP contribution is 2.43. The highest BCUT2D eigenvalue weighted by atomic mass is 19.2. The summed E-state index contributed by atoms with van der Waals surface area (Å²) >= 11 is 0. The molecule has 1 spiro atoms. The zero-order chi connectivity index (χ0) is 27.0. The van der Waals surface area contributed by atoms with Crippen LogP contribution in [0.2, 0.25) is 0 Å². The summed E-state index contributed by atoms with van der Waals surface area (Å²) in [5, 5.41) is 42.8. The van der Waals surface area contributed by atoms with Gasteiger partial charge in [0.25, 0.3) is 0 Å². The van der Waals surface area contributed by atoms with Crippen LogP contribution in [0.4, 0.5) is 13.2 Å². The third kappa shape index (κ3) is 4.67. The van der Waals surface area contributed by atoms with Crippen molar-refractivity contribution in [2.45, 2.75) is 49.0 Å². The Morgan fingerprint density at radius 3 is 2.55 bits per heavy atom. The van der Waals surface area contributed by atoms with Crippen LogP contribution in [0.5, 0.6) is 0 Å². The van der Waals surface area contributed by atoms with Crippen molar-refractivity contribution in [1.82, 2.24) is 20.3 Å². The molecule has 2 saturated heterocycles. The third-order valence-corrected chi connectivity index (χ3v) is 6.84. The fraction of sp³-hybridized carbons (Fsp3) is 0.400. The van der Waals surface area contributed by atoms with Gasteiger partial charge in [0.1, 0.15) is 30.0 Å². The van der Waals surface area contributed by atoms with E-state index in [1.165, 1.54) is 6.20 Å². The molecule has 202 valence electrons. The predicted molar refractivity (Wildman–Crippen MR) is 124 cm³/mol. The van der Waals surface area contributed by atoms with E-state index in [-0.39, 0.29) is 36.6 Å². The molecule has 2 fully saturated rings. The van der Waals surface area contributed by atoms with Crippen molar-refractivity contribution >= 4 is 5.91 Å². The van der Waals surface area contributed by atoms with E-state index in [0.29, 0.717) is 0 Å². The van der Waals surface area contributed by atoms with Crippen LogP contribution in [0.15, 0.2) is 48.7 Å². The Kier molecular flexibility index (Phi) is 7.20. The molecule has 2 aliphatic rings. The van der Waals surface area contributed by atoms with Crippen LogP contribution < -0.4 is 5.32 Å². The number of aromatic nitrogens is 3. The van der Waals surface area contributed by atoms with E-state index in [2.05, 4.69) is 15.6 Å². The van der Waals surface area contributed by atoms with Crippen molar-refractivity contribution in [2.75, 3.05) is 13.2 Å². The van der Waals surface area contributed by atoms with Gasteiger partial charge in [0.05, 0.1) is 31.9 Å². The number of amides is 1. The van der Waals surface area contributed by atoms with Gasteiger partial charge >= 0.3 is 0 Å². The van der Waals surface area contributed by atoms with Crippen LogP contribution in [0.1, 0.15) is 18.0 Å². The van der Waals surface area contributed by atoms with Crippen molar-refractivity contribution in [3.8, 4) is 11.3 Å². The number of carbonyl (C=O) groups excluding carboxylic acids is 1. The minimum absolute atomic E-state index is 0.0657. The summed E-state index contributed by atoms with van der Waals surface area (Å²) in [6.07, 6.45) is -2.84. The van der Waals surface area contributed by atoms with E-state index in [4.69, 9.17) is 9.47 Å². The number of halogens is 3. The molecule has 13 heteroatoms. The van der Waals surface area contributed by atoms with E-state index in [1.807, 2.05) is 6.07 Å². The molecule has 38 heavy (non-hydrogen) atoms. The van der Waals surface area contributed by atoms with Gasteiger partial charge in [-0.15, -0.1) is 5.10 Å². The van der Waals surface area contributed by atoms with Gasteiger partial charge in [-0.2, -0.15) is 0 Å². The first kappa shape index (κ1) is 26.3. The molecular formula is C25H25F3N4O6. The second-order valence-electron chi connectivity index (χ2n) is 9.24. The molecule has 10 nitrogen and oxygen atoms in total. The van der Waals surface area contributed by atoms with Gasteiger partial charge in [-0.05, 0) is 24.1 Å². The Morgan fingerprint density at radius 1 is 1.16 bits per heavy atom. The van der Waals surface area contributed by atoms with Crippen LogP contribution in [0.25, 0.3) is 11.3 Å². The van der Waals surface area contributed by atoms with Gasteiger partial charge in [-0.1, -0.05) is 35.5 Å². The van der Waals surface area contributed by atoms with Crippen LogP contribution in [0.3, 0.4) is 0 Å². The predicted octanol–water partition coefficient (Wildman–Crippen LogP) is 0.860. The van der Waals surface area contributed by atoms with E-state index >= 15 is 0 Å². The first-order valence-electron chi connectivity index (χ1n) is 11.9. The second-order valence-corrected chi connectivity index (χ2v) is 9.24. The van der Waals surface area contributed by atoms with E-state index in [9.17, 15) is 33.3 Å². The van der Waals surface area contributed by atoms with Gasteiger partial charge in [0.15, 0.2) is 17.5 Å². The number of benzene rings is 2. The quantitative estimate of drug-likeness (QED) is 0.342. The summed E-state index contributed by atoms with van der Waals surface area (Å²) in [5.41, 5.74) is 0.581. The Bertz CT molecular complexity index is 1290. The lowest BCUT2D eigenvalue weighted by Crippen LogP contribution is -2.69. The van der Waals surface area contributed by atoms with E-state index in [1.54, 1.807) is 24.3 Å². The van der Waals surface area contributed by atoms with Crippen molar-refractivity contribution in [2.24, 2.45) is 0 Å². The topological polar surface area (TPSA) is 139 Å². The SMILES string of the molecule is O=C(Cc1ccccc1)N[C@@H]1CCO[C@]12O[C@H](CO)[C@H](O)[C@H](n1cc(-c3cc(F)c(F)c(F)c3)nn1)[C@H]2O. The maximum Gasteiger partial charge on any atom is 0.224 e. The molecule has 0 saturated carbocycles. The average molecular weight is 534 g/mol. The first-order valence-corrected chi connectivity index (χ1v) is 11.9. The smallest absolute Gasteiger partial charge is 0.224 e. The van der Waals surface area contributed by atoms with Gasteiger partial charge in [0.2, 0.25) is 11.7 Å². The second kappa shape index (κ2) is 10.4. The summed E-state index contributed by atoms with van der Waals surface area (Å²) in [7, 11) is 0. The number of rotatable bonds is 6. The molecule has 1 amide bonds. The fourth-order valence-electron chi connectivity index (χ4n) is 4.97. The summed E-state index contributed by atoms with van der Waals surface area (Å²) in [6, 6.07) is 8.34. The minimum Gasteiger partial charge on any atom is -0.394 e. The third-order valence-electron chi connectivity index (χ3n) is 6.84. The molecule has 0 bridgehead atoms. The molecule has 0 aliphatic carbocycles. The number of carbonyl (C=O) groups is 1. The molecule has 2 aromatic carbocycles. The Morgan fingerprint density at radius 2 is 1.87 bits per heavy atom. The standard InChI is InChI=1S/C25H25F3N4O6/c26-15-9-14(10-16(27)21(15)28)17-11-32(31-30-17)22-23(35)18(12-33)38-25(24(22)36)19(6-7-37-25)29-20(34)8-13-4-2-1-3-5-13/h1-5,9-11,18-19,22-24,33,35-36H,6-8,12H2,(H,29,34)/t18-,19-,22+,23+,24-,25+/m1/s1. The lowest BCUT2D eigenvalue weighted by atomic mass is 9.86. The molecule has 6 atom stereocenters. The van der Waals surface area contributed by atoms with E-state index in [0.717, 1.165) is 22.4 Å². The maximum absolute atomic E-state index is 13.7. The molecule has 0 unspecified atom stereocenters. The Balaban J connectivity index is 1.43. The highest BCUT2D eigenvalue weighted by molar-refractivity contribution is 5.79. The van der Waals surface area contributed by atoms with Crippen molar-refractivity contribution in [1.29, 1.82) is 0 Å². The summed E-state index contributed by atoms with van der Waals surface area (Å²) in [6.45, 7) is -0.554. The van der Waals surface area contributed by atoms with Crippen molar-refractivity contribution in [3.05, 3.63) is 71.7 Å². The number of aliphatic hydroxyl groups excluding tert-OH is 3. The summed E-state index contributed by atoms with van der Waals surface area (Å²) in [5.74, 6) is -6.68. The number of nitrogens with one attached hydrogen (secondary N) is 1. The van der Waals surface area contributed by atoms with Gasteiger partial charge < -0.3 is 30.1 Å². The largest absolute Gasteiger partial charge is 0.394 e. The van der Waals surface area contributed by atoms with Gasteiger partial charge in [0, 0.05) is 5.56 Å². The molecule has 3 heterocycles. The fourth-order valence-corrected chi connectivity index (χ4v) is 4.97. The molecule has 2 aliphatic heterocycles. The van der Waals surface area contributed by atoms with E-state index < -0.39 is 60.2 Å². The zero-order valence-corrected chi connectivity index (χ0v) is 19.9. The summed E-state index contributed by atoms with van der Waals surface area (Å²) < 4.78 is 53.6. The maximum atomic E-state index is 13.7. The highest BCUT2D eigenvalue weighted by Gasteiger charge is 2.62. The zero-order valence-electron chi connectivity index (χ0n) is 19.9. The lowest BCUT2D eigenvalue weighted by Gasteiger charge is -2.49. The molecule has 4 N–H and O–H groups in total. The van der Waals surface area contributed by atoms with Gasteiger partial charge in [-0.25, -0.2) is 17.9 Å². The van der Waals surface area contributed by atoms with Crippen molar-refractivity contribution < 1.29 is 42.8 Å². The molecule has 0 radical (unpaired) electrons. The number of hydrogen-bond donors (Lipinski definition) is 4. The Labute approximate surface area is 214 Å². The Hall–Kier alpha value is -3.36. The molecular weight excluding hydrogens is 509 g/mol. The summed E-state index contributed by atoms with van der Waals surface area (Å²) in [4.78, 5) is 12.8. The van der Waals surface area contributed by atoms with Crippen LogP contribution >= 0.6 is 0 Å². The van der Waals surface area contributed by atoms with Crippen LogP contribution in [0, 0.1) is 17.5 Å². The molecule has 5 rings (SSSR count). The normalized spacial score (nSPS) is 29.1. The van der Waals surface area contributed by atoms with Crippen LogP contribution in [-0.2, 0) is 20.7 Å².